The van der Waals surface area contributed by atoms with Crippen LogP contribution in [0.1, 0.15) is 6.92 Å². The van der Waals surface area contributed by atoms with Crippen LogP contribution in [0.3, 0.4) is 0 Å². The Hall–Kier alpha value is -1.40. The van der Waals surface area contributed by atoms with Crippen LogP contribution in [0.25, 0.3) is 10.2 Å². The van der Waals surface area contributed by atoms with Crippen LogP contribution < -0.4 is 10.6 Å². The van der Waals surface area contributed by atoms with Gasteiger partial charge in [-0.15, -0.1) is 11.3 Å². The van der Waals surface area contributed by atoms with E-state index in [-0.39, 0.29) is 11.2 Å². The van der Waals surface area contributed by atoms with E-state index >= 15 is 0 Å². The number of carbonyl (C=O) groups is 1. The molecule has 17 heavy (non-hydrogen) atoms. The third-order valence-electron chi connectivity index (χ3n) is 2.09. The molecule has 0 aromatic carbocycles. The van der Waals surface area contributed by atoms with Gasteiger partial charge in [-0.2, -0.15) is 0 Å². The fourth-order valence-electron chi connectivity index (χ4n) is 1.38. The number of halogens is 1. The molecule has 7 heteroatoms. The van der Waals surface area contributed by atoms with Crippen molar-refractivity contribution in [1.29, 1.82) is 0 Å². The normalized spacial score (nSPS) is 10.5. The Morgan fingerprint density at radius 1 is 1.47 bits per heavy atom. The van der Waals surface area contributed by atoms with Gasteiger partial charge in [-0.05, 0) is 23.0 Å². The molecule has 2 aromatic rings. The predicted molar refractivity (Wildman–Crippen MR) is 69.6 cm³/mol. The van der Waals surface area contributed by atoms with E-state index in [1.54, 1.807) is 0 Å². The van der Waals surface area contributed by atoms with E-state index in [9.17, 15) is 4.79 Å². The highest BCUT2D eigenvalue weighted by Crippen LogP contribution is 2.25. The molecule has 2 rings (SSSR count). The van der Waals surface area contributed by atoms with Crippen LogP contribution in [0.15, 0.2) is 11.4 Å². The van der Waals surface area contributed by atoms with E-state index in [0.717, 1.165) is 10.2 Å². The van der Waals surface area contributed by atoms with Crippen LogP contribution in [0.5, 0.6) is 0 Å². The minimum atomic E-state index is -0.0480. The maximum absolute atomic E-state index is 10.7. The molecule has 2 N–H and O–H groups in total. The number of carbonyl (C=O) groups excluding carboxylic acids is 1. The lowest BCUT2D eigenvalue weighted by Crippen LogP contribution is -2.26. The summed E-state index contributed by atoms with van der Waals surface area (Å²) in [6.45, 7) is 2.62. The Labute approximate surface area is 107 Å². The Balaban J connectivity index is 2.07. The largest absolute Gasteiger partial charge is 0.368 e. The van der Waals surface area contributed by atoms with Gasteiger partial charge in [-0.25, -0.2) is 9.97 Å². The highest BCUT2D eigenvalue weighted by atomic mass is 35.5. The number of thiophene rings is 1. The molecule has 90 valence electrons. The summed E-state index contributed by atoms with van der Waals surface area (Å²) < 4.78 is 0. The Bertz CT molecular complexity index is 542. The van der Waals surface area contributed by atoms with Crippen LogP contribution in [0.4, 0.5) is 5.82 Å². The van der Waals surface area contributed by atoms with Gasteiger partial charge in [0.1, 0.15) is 10.6 Å². The molecule has 1 amide bonds. The summed E-state index contributed by atoms with van der Waals surface area (Å²) in [6.07, 6.45) is 0. The molecule has 0 fully saturated rings. The summed E-state index contributed by atoms with van der Waals surface area (Å²) in [6, 6.07) is 1.94. The van der Waals surface area contributed by atoms with Gasteiger partial charge in [0.2, 0.25) is 11.2 Å². The third-order valence-corrected chi connectivity index (χ3v) is 3.06. The first-order chi connectivity index (χ1) is 8.16. The highest BCUT2D eigenvalue weighted by Gasteiger charge is 2.06. The molecule has 0 saturated heterocycles. The number of hydrogen-bond donors (Lipinski definition) is 2. The topological polar surface area (TPSA) is 66.9 Å². The second-order valence-corrected chi connectivity index (χ2v) is 4.62. The monoisotopic (exact) mass is 270 g/mol. The van der Waals surface area contributed by atoms with Crippen molar-refractivity contribution < 1.29 is 4.79 Å². The molecule has 0 saturated carbocycles. The van der Waals surface area contributed by atoms with Crippen LogP contribution in [-0.2, 0) is 4.79 Å². The van der Waals surface area contributed by atoms with Gasteiger partial charge in [-0.1, -0.05) is 0 Å². The van der Waals surface area contributed by atoms with Gasteiger partial charge in [0.25, 0.3) is 0 Å². The van der Waals surface area contributed by atoms with Gasteiger partial charge >= 0.3 is 0 Å². The molecule has 5 nitrogen and oxygen atoms in total. The van der Waals surface area contributed by atoms with Gasteiger partial charge in [0, 0.05) is 20.0 Å². The molecule has 0 bridgehead atoms. The van der Waals surface area contributed by atoms with Gasteiger partial charge in [-0.3, -0.25) is 4.79 Å². The molecule has 0 aliphatic rings. The zero-order valence-corrected chi connectivity index (χ0v) is 10.7. The number of rotatable bonds is 4. The molecule has 2 aromatic heterocycles. The molecule has 0 atom stereocenters. The predicted octanol–water partition coefficient (Wildman–Crippen LogP) is 1.89. The van der Waals surface area contributed by atoms with Gasteiger partial charge in [0.05, 0.1) is 5.39 Å². The first-order valence-corrected chi connectivity index (χ1v) is 6.31. The van der Waals surface area contributed by atoms with Crippen molar-refractivity contribution in [3.8, 4) is 0 Å². The Kier molecular flexibility index (Phi) is 3.75. The van der Waals surface area contributed by atoms with Crippen LogP contribution in [0, 0.1) is 0 Å². The molecular formula is C10H11ClN4OS. The third kappa shape index (κ3) is 3.04. The lowest BCUT2D eigenvalue weighted by atomic mass is 10.4. The van der Waals surface area contributed by atoms with Crippen molar-refractivity contribution in [2.24, 2.45) is 0 Å². The number of amides is 1. The van der Waals surface area contributed by atoms with E-state index in [0.29, 0.717) is 18.9 Å². The van der Waals surface area contributed by atoms with Gasteiger partial charge in [0.15, 0.2) is 0 Å². The van der Waals surface area contributed by atoms with Crippen molar-refractivity contribution in [1.82, 2.24) is 15.3 Å². The van der Waals surface area contributed by atoms with E-state index in [4.69, 9.17) is 11.6 Å². The number of fused-ring (bicyclic) bond motifs is 1. The zero-order valence-electron chi connectivity index (χ0n) is 9.16. The molecule has 0 aliphatic carbocycles. The average Bonchev–Trinajstić information content (AvgIpc) is 2.71. The van der Waals surface area contributed by atoms with Crippen molar-refractivity contribution in [3.05, 3.63) is 16.7 Å². The van der Waals surface area contributed by atoms with E-state index in [1.165, 1.54) is 18.3 Å². The fourth-order valence-corrected chi connectivity index (χ4v) is 2.37. The molecule has 0 spiro atoms. The number of hydrogen-bond acceptors (Lipinski definition) is 5. The molecule has 0 aliphatic heterocycles. The second-order valence-electron chi connectivity index (χ2n) is 3.39. The maximum atomic E-state index is 10.7. The Morgan fingerprint density at radius 3 is 3.06 bits per heavy atom. The van der Waals surface area contributed by atoms with E-state index < -0.39 is 0 Å². The maximum Gasteiger partial charge on any atom is 0.225 e. The summed E-state index contributed by atoms with van der Waals surface area (Å²) in [7, 11) is 0. The standard InChI is InChI=1S/C10H11ClN4OS/c1-6(16)12-3-4-13-8-7-2-5-17-9(7)15-10(11)14-8/h2,5H,3-4H2,1H3,(H,12,16)(H,13,14,15). The lowest BCUT2D eigenvalue weighted by molar-refractivity contribution is -0.118. The van der Waals surface area contributed by atoms with Crippen LogP contribution >= 0.6 is 22.9 Å². The van der Waals surface area contributed by atoms with Crippen LogP contribution in [-0.4, -0.2) is 29.0 Å². The van der Waals surface area contributed by atoms with Crippen molar-refractivity contribution in [2.45, 2.75) is 6.92 Å². The average molecular weight is 271 g/mol. The van der Waals surface area contributed by atoms with E-state index in [1.807, 2.05) is 11.4 Å². The molecule has 0 unspecified atom stereocenters. The summed E-state index contributed by atoms with van der Waals surface area (Å²) in [5.41, 5.74) is 0. The van der Waals surface area contributed by atoms with Crippen LogP contribution in [0.2, 0.25) is 5.28 Å². The summed E-state index contributed by atoms with van der Waals surface area (Å²) in [5, 5.41) is 8.93. The first kappa shape index (κ1) is 12.1. The second kappa shape index (κ2) is 5.29. The highest BCUT2D eigenvalue weighted by molar-refractivity contribution is 7.16. The zero-order chi connectivity index (χ0) is 12.3. The number of anilines is 1. The summed E-state index contributed by atoms with van der Waals surface area (Å²) in [4.78, 5) is 19.8. The van der Waals surface area contributed by atoms with Gasteiger partial charge < -0.3 is 10.6 Å². The van der Waals surface area contributed by atoms with Crippen molar-refractivity contribution in [3.63, 3.8) is 0 Å². The summed E-state index contributed by atoms with van der Waals surface area (Å²) in [5.74, 6) is 0.653. The molecule has 2 heterocycles. The fraction of sp³-hybridized carbons (Fsp3) is 0.300. The van der Waals surface area contributed by atoms with Crippen molar-refractivity contribution >= 4 is 44.9 Å². The quantitative estimate of drug-likeness (QED) is 0.658. The smallest absolute Gasteiger partial charge is 0.225 e. The lowest BCUT2D eigenvalue weighted by Gasteiger charge is -2.07. The minimum absolute atomic E-state index is 0.0480. The molecular weight excluding hydrogens is 260 g/mol. The summed E-state index contributed by atoms with van der Waals surface area (Å²) >= 11 is 7.33. The Morgan fingerprint density at radius 2 is 2.29 bits per heavy atom. The number of aromatic nitrogens is 2. The minimum Gasteiger partial charge on any atom is -0.368 e. The number of nitrogens with zero attached hydrogens (tertiary/aromatic N) is 2. The van der Waals surface area contributed by atoms with E-state index in [2.05, 4.69) is 20.6 Å². The SMILES string of the molecule is CC(=O)NCCNc1nc(Cl)nc2sccc12. The molecule has 0 radical (unpaired) electrons. The van der Waals surface area contributed by atoms with Crippen molar-refractivity contribution in [2.75, 3.05) is 18.4 Å². The number of nitrogens with one attached hydrogen (secondary N) is 2. The first-order valence-electron chi connectivity index (χ1n) is 5.06.